The maximum atomic E-state index is 13.8. The van der Waals surface area contributed by atoms with E-state index in [1.165, 1.54) is 13.8 Å². The largest absolute Gasteiger partial charge is 0.480 e. The molecule has 340 valence electrons. The van der Waals surface area contributed by atoms with Crippen LogP contribution in [-0.4, -0.2) is 112 Å². The second-order valence-corrected chi connectivity index (χ2v) is 17.7. The van der Waals surface area contributed by atoms with Crippen LogP contribution in [0.25, 0.3) is 0 Å². The number of nitrogens with two attached hydrogens (primary N) is 1. The van der Waals surface area contributed by atoms with Gasteiger partial charge in [-0.05, 0) is 68.6 Å². The Labute approximate surface area is 350 Å². The monoisotopic (exact) mass is 841 g/mol. The minimum absolute atomic E-state index is 0.103. The predicted molar refractivity (Wildman–Crippen MR) is 224 cm³/mol. The molecule has 0 unspecified atom stereocenters. The van der Waals surface area contributed by atoms with E-state index in [-0.39, 0.29) is 36.5 Å². The molecular weight excluding hydrogens is 764 g/mol. The SMILES string of the molecule is CC[C@H](C)[C@H](NC(=O)[C@H](C)NC(=O)[C@@H](NC(=O)[C@H](CC(C)C)NC(=O)[C@H](CC(C)C)NC(=O)[C@@H](NC(=O)[C@@H](N)CC(C)C)[C@@H](C)O)C(C)C)C(=O)N[C@H](C(=O)O)C(C)C. The van der Waals surface area contributed by atoms with Crippen molar-refractivity contribution in [3.05, 3.63) is 0 Å². The first-order chi connectivity index (χ1) is 27.1. The summed E-state index contributed by atoms with van der Waals surface area (Å²) in [6, 6.07) is -9.27. The first-order valence-corrected chi connectivity index (χ1v) is 20.9. The quantitative estimate of drug-likeness (QED) is 0.0578. The summed E-state index contributed by atoms with van der Waals surface area (Å²) >= 11 is 0. The van der Waals surface area contributed by atoms with Gasteiger partial charge in [-0.25, -0.2) is 4.79 Å². The highest BCUT2D eigenvalue weighted by Gasteiger charge is 2.36. The highest BCUT2D eigenvalue weighted by atomic mass is 16.4. The van der Waals surface area contributed by atoms with Crippen molar-refractivity contribution >= 4 is 47.3 Å². The molecule has 0 heterocycles. The molecule has 0 aromatic carbocycles. The highest BCUT2D eigenvalue weighted by molar-refractivity contribution is 5.97. The summed E-state index contributed by atoms with van der Waals surface area (Å²) < 4.78 is 0. The molecule has 0 aliphatic carbocycles. The molecule has 0 fully saturated rings. The lowest BCUT2D eigenvalue weighted by molar-refractivity contribution is -0.144. The van der Waals surface area contributed by atoms with E-state index in [0.717, 1.165) is 0 Å². The molecule has 0 radical (unpaired) electrons. The first kappa shape index (κ1) is 54.7. The van der Waals surface area contributed by atoms with Gasteiger partial charge in [0.2, 0.25) is 41.4 Å². The van der Waals surface area contributed by atoms with Gasteiger partial charge in [0.25, 0.3) is 0 Å². The zero-order valence-corrected chi connectivity index (χ0v) is 37.7. The van der Waals surface area contributed by atoms with Crippen LogP contribution < -0.4 is 43.0 Å². The predicted octanol–water partition coefficient (Wildman–Crippen LogP) is 0.689. The standard InChI is InChI=1S/C41H76N8O10/c1-15-24(12)32(39(56)47-31(23(10)11)41(58)59)48-34(51)25(13)43-38(55)30(22(8)9)46-37(54)29(18-21(6)7)44-36(53)28(17-20(4)5)45-40(57)33(26(14)50)49-35(52)27(42)16-19(2)3/h19-33,50H,15-18,42H2,1-14H3,(H,43,55)(H,44,53)(H,45,57)(H,46,54)(H,47,56)(H,48,51)(H,49,52)(H,58,59)/t24-,25-,26+,27-,28-,29-,30-,31-,32-,33-/m0/s1. The Morgan fingerprint density at radius 2 is 0.831 bits per heavy atom. The summed E-state index contributed by atoms with van der Waals surface area (Å²) in [5, 5.41) is 38.2. The van der Waals surface area contributed by atoms with E-state index in [4.69, 9.17) is 5.73 Å². The number of nitrogens with one attached hydrogen (secondary N) is 7. The van der Waals surface area contributed by atoms with E-state index in [0.29, 0.717) is 12.8 Å². The Morgan fingerprint density at radius 1 is 0.458 bits per heavy atom. The average molecular weight is 841 g/mol. The smallest absolute Gasteiger partial charge is 0.326 e. The molecule has 0 aliphatic heterocycles. The van der Waals surface area contributed by atoms with Crippen molar-refractivity contribution in [3.63, 3.8) is 0 Å². The molecule has 0 aliphatic rings. The third-order valence-corrected chi connectivity index (χ3v) is 9.83. The van der Waals surface area contributed by atoms with E-state index in [1.807, 2.05) is 48.5 Å². The topological polar surface area (TPSA) is 287 Å². The van der Waals surface area contributed by atoms with Crippen LogP contribution in [0.2, 0.25) is 0 Å². The van der Waals surface area contributed by atoms with Crippen molar-refractivity contribution in [3.8, 4) is 0 Å². The van der Waals surface area contributed by atoms with Crippen LogP contribution in [0.15, 0.2) is 0 Å². The van der Waals surface area contributed by atoms with Crippen LogP contribution in [0.3, 0.4) is 0 Å². The molecule has 10 atom stereocenters. The highest BCUT2D eigenvalue weighted by Crippen LogP contribution is 2.13. The molecule has 0 aromatic heterocycles. The van der Waals surface area contributed by atoms with Gasteiger partial charge in [0.05, 0.1) is 12.1 Å². The third-order valence-electron chi connectivity index (χ3n) is 9.83. The van der Waals surface area contributed by atoms with Gasteiger partial charge in [0.1, 0.15) is 42.3 Å². The maximum Gasteiger partial charge on any atom is 0.326 e. The van der Waals surface area contributed by atoms with Gasteiger partial charge in [-0.15, -0.1) is 0 Å². The Morgan fingerprint density at radius 3 is 1.24 bits per heavy atom. The first-order valence-electron chi connectivity index (χ1n) is 20.9. The minimum atomic E-state index is -1.42. The van der Waals surface area contributed by atoms with Crippen molar-refractivity contribution in [1.82, 2.24) is 37.2 Å². The number of carboxylic acids is 1. The van der Waals surface area contributed by atoms with Crippen molar-refractivity contribution in [2.75, 3.05) is 0 Å². The fourth-order valence-corrected chi connectivity index (χ4v) is 6.11. The fourth-order valence-electron chi connectivity index (χ4n) is 6.11. The van der Waals surface area contributed by atoms with Gasteiger partial charge in [-0.2, -0.15) is 0 Å². The number of hydrogen-bond acceptors (Lipinski definition) is 10. The summed E-state index contributed by atoms with van der Waals surface area (Å²) in [4.78, 5) is 106. The van der Waals surface area contributed by atoms with Crippen LogP contribution in [0.1, 0.15) is 123 Å². The van der Waals surface area contributed by atoms with Crippen molar-refractivity contribution < 1.29 is 48.6 Å². The Balaban J connectivity index is 6.13. The number of aliphatic hydroxyl groups is 1. The minimum Gasteiger partial charge on any atom is -0.480 e. The second kappa shape index (κ2) is 26.0. The van der Waals surface area contributed by atoms with Crippen LogP contribution in [0.4, 0.5) is 0 Å². The fraction of sp³-hybridized carbons (Fsp3) is 0.805. The van der Waals surface area contributed by atoms with Crippen LogP contribution >= 0.6 is 0 Å². The number of rotatable bonds is 26. The molecule has 0 saturated carbocycles. The molecule has 59 heavy (non-hydrogen) atoms. The molecular formula is C41H76N8O10. The van der Waals surface area contributed by atoms with Crippen LogP contribution in [-0.2, 0) is 38.4 Å². The van der Waals surface area contributed by atoms with Gasteiger partial charge in [0, 0.05) is 0 Å². The van der Waals surface area contributed by atoms with Crippen LogP contribution in [0, 0.1) is 35.5 Å². The Bertz CT molecular complexity index is 1420. The van der Waals surface area contributed by atoms with Gasteiger partial charge < -0.3 is 53.2 Å². The molecule has 0 spiro atoms. The van der Waals surface area contributed by atoms with E-state index >= 15 is 0 Å². The third kappa shape index (κ3) is 19.5. The van der Waals surface area contributed by atoms with Crippen LogP contribution in [0.5, 0.6) is 0 Å². The molecule has 11 N–H and O–H groups in total. The van der Waals surface area contributed by atoms with Crippen molar-refractivity contribution in [2.24, 2.45) is 41.2 Å². The molecule has 0 aromatic rings. The Hall–Kier alpha value is -4.32. The zero-order chi connectivity index (χ0) is 46.1. The van der Waals surface area contributed by atoms with Crippen molar-refractivity contribution in [1.29, 1.82) is 0 Å². The zero-order valence-electron chi connectivity index (χ0n) is 37.7. The average Bonchev–Trinajstić information content (AvgIpc) is 3.10. The summed E-state index contributed by atoms with van der Waals surface area (Å²) in [5.74, 6) is -7.53. The van der Waals surface area contributed by atoms with E-state index in [1.54, 1.807) is 34.6 Å². The number of carboxylic acid groups (broad SMARTS) is 1. The second-order valence-electron chi connectivity index (χ2n) is 17.7. The van der Waals surface area contributed by atoms with Gasteiger partial charge in [-0.3, -0.25) is 33.6 Å². The Kier molecular flexibility index (Phi) is 24.1. The molecule has 0 bridgehead atoms. The number of aliphatic carboxylic acids is 1. The number of carbonyl (C=O) groups is 8. The molecule has 7 amide bonds. The molecule has 0 saturated heterocycles. The summed E-state index contributed by atoms with van der Waals surface area (Å²) in [6.07, 6.45) is -0.199. The van der Waals surface area contributed by atoms with Gasteiger partial charge in [0.15, 0.2) is 0 Å². The molecule has 18 nitrogen and oxygen atoms in total. The normalized spacial score (nSPS) is 16.8. The lowest BCUT2D eigenvalue weighted by Gasteiger charge is -2.30. The lowest BCUT2D eigenvalue weighted by atomic mass is 9.96. The molecule has 0 rings (SSSR count). The summed E-state index contributed by atoms with van der Waals surface area (Å²) in [7, 11) is 0. The van der Waals surface area contributed by atoms with E-state index in [2.05, 4.69) is 37.2 Å². The summed E-state index contributed by atoms with van der Waals surface area (Å²) in [5.41, 5.74) is 5.98. The number of carbonyl (C=O) groups excluding carboxylic acids is 7. The van der Waals surface area contributed by atoms with E-state index < -0.39 is 114 Å². The molecule has 18 heteroatoms. The number of hydrogen-bond donors (Lipinski definition) is 10. The van der Waals surface area contributed by atoms with Gasteiger partial charge >= 0.3 is 5.97 Å². The number of aliphatic hydroxyl groups excluding tert-OH is 1. The summed E-state index contributed by atoms with van der Waals surface area (Å²) in [6.45, 7) is 24.0. The number of amides is 7. The lowest BCUT2D eigenvalue weighted by Crippen LogP contribution is -2.62. The maximum absolute atomic E-state index is 13.8. The van der Waals surface area contributed by atoms with Crippen molar-refractivity contribution in [2.45, 2.75) is 177 Å². The van der Waals surface area contributed by atoms with E-state index in [9.17, 15) is 48.6 Å². The van der Waals surface area contributed by atoms with Gasteiger partial charge in [-0.1, -0.05) is 89.5 Å².